The maximum Gasteiger partial charge on any atom is 0.305 e. The predicted molar refractivity (Wildman–Crippen MR) is 68.7 cm³/mol. The maximum atomic E-state index is 12.4. The Balaban J connectivity index is 2.30. The lowest BCUT2D eigenvalue weighted by molar-refractivity contribution is -0.138. The van der Waals surface area contributed by atoms with Gasteiger partial charge in [0.1, 0.15) is 4.90 Å². The Morgan fingerprint density at radius 1 is 1.65 bits per heavy atom. The highest BCUT2D eigenvalue weighted by molar-refractivity contribution is 7.89. The molecule has 1 saturated heterocycles. The van der Waals surface area contributed by atoms with Crippen molar-refractivity contribution in [3.63, 3.8) is 0 Å². The summed E-state index contributed by atoms with van der Waals surface area (Å²) < 4.78 is 33.9. The van der Waals surface area contributed by atoms with E-state index in [1.807, 2.05) is 0 Å². The van der Waals surface area contributed by atoms with Crippen molar-refractivity contribution in [2.75, 3.05) is 13.2 Å². The zero-order valence-corrected chi connectivity index (χ0v) is 12.1. The number of ether oxygens (including phenoxy) is 1. The van der Waals surface area contributed by atoms with Gasteiger partial charge in [-0.3, -0.25) is 9.48 Å². The molecule has 2 N–H and O–H groups in total. The maximum absolute atomic E-state index is 12.4. The molecule has 2 rings (SSSR count). The molecule has 1 aromatic rings. The number of carboxylic acids is 1. The molecular weight excluding hydrogens is 286 g/mol. The Bertz CT molecular complexity index is 616. The molecule has 0 amide bonds. The van der Waals surface area contributed by atoms with E-state index < -0.39 is 21.5 Å². The average Bonchev–Trinajstić information content (AvgIpc) is 2.86. The SMILES string of the molecule is Cc1c(S(=O)(=O)NC2(CC(=O)O)CCOC2)cnn1C. The molecule has 0 radical (unpaired) electrons. The average molecular weight is 303 g/mol. The van der Waals surface area contributed by atoms with E-state index in [2.05, 4.69) is 9.82 Å². The normalized spacial score (nSPS) is 23.1. The number of aromatic nitrogens is 2. The van der Waals surface area contributed by atoms with Crippen molar-refractivity contribution in [2.45, 2.75) is 30.2 Å². The third-order valence-electron chi connectivity index (χ3n) is 3.42. The first kappa shape index (κ1) is 14.9. The van der Waals surface area contributed by atoms with Gasteiger partial charge in [-0.2, -0.15) is 5.10 Å². The zero-order valence-electron chi connectivity index (χ0n) is 11.3. The Morgan fingerprint density at radius 2 is 2.35 bits per heavy atom. The van der Waals surface area contributed by atoms with Crippen LogP contribution in [0.3, 0.4) is 0 Å². The summed E-state index contributed by atoms with van der Waals surface area (Å²) in [5.74, 6) is -1.07. The molecule has 1 aliphatic rings. The minimum Gasteiger partial charge on any atom is -0.481 e. The van der Waals surface area contributed by atoms with Crippen molar-refractivity contribution in [2.24, 2.45) is 7.05 Å². The second-order valence-corrected chi connectivity index (χ2v) is 6.63. The number of rotatable bonds is 5. The van der Waals surface area contributed by atoms with Gasteiger partial charge < -0.3 is 9.84 Å². The molecule has 0 aliphatic carbocycles. The van der Waals surface area contributed by atoms with Gasteiger partial charge in [0.05, 0.1) is 30.5 Å². The summed E-state index contributed by atoms with van der Waals surface area (Å²) >= 11 is 0. The van der Waals surface area contributed by atoms with Crippen molar-refractivity contribution in [3.8, 4) is 0 Å². The molecule has 1 atom stereocenters. The summed E-state index contributed by atoms with van der Waals surface area (Å²) in [6.07, 6.45) is 1.27. The molecule has 0 spiro atoms. The largest absolute Gasteiger partial charge is 0.481 e. The van der Waals surface area contributed by atoms with Crippen LogP contribution in [0.4, 0.5) is 0 Å². The first-order valence-corrected chi connectivity index (χ1v) is 7.56. The van der Waals surface area contributed by atoms with E-state index in [4.69, 9.17) is 9.84 Å². The van der Waals surface area contributed by atoms with Crippen molar-refractivity contribution < 1.29 is 23.1 Å². The van der Waals surface area contributed by atoms with Gasteiger partial charge in [-0.25, -0.2) is 13.1 Å². The second kappa shape index (κ2) is 5.15. The molecular formula is C11H17N3O5S. The highest BCUT2D eigenvalue weighted by atomic mass is 32.2. The van der Waals surface area contributed by atoms with Crippen molar-refractivity contribution in [1.29, 1.82) is 0 Å². The number of aliphatic carboxylic acids is 1. The standard InChI is InChI=1S/C11H17N3O5S/c1-8-9(6-12-14(8)2)20(17,18)13-11(5-10(15)16)3-4-19-7-11/h6,13H,3-5,7H2,1-2H3,(H,15,16). The number of hydrogen-bond acceptors (Lipinski definition) is 5. The third kappa shape index (κ3) is 2.84. The molecule has 1 aliphatic heterocycles. The van der Waals surface area contributed by atoms with Crippen molar-refractivity contribution in [3.05, 3.63) is 11.9 Å². The first-order chi connectivity index (χ1) is 9.26. The van der Waals surface area contributed by atoms with E-state index in [1.165, 1.54) is 10.9 Å². The number of carboxylic acid groups (broad SMARTS) is 1. The predicted octanol–water partition coefficient (Wildman–Crippen LogP) is -0.359. The van der Waals surface area contributed by atoms with Crippen LogP contribution in [-0.2, 0) is 26.6 Å². The van der Waals surface area contributed by atoms with E-state index in [0.29, 0.717) is 18.7 Å². The van der Waals surface area contributed by atoms with Gasteiger partial charge in [-0.15, -0.1) is 0 Å². The topological polar surface area (TPSA) is 111 Å². The van der Waals surface area contributed by atoms with Gasteiger partial charge in [0, 0.05) is 13.7 Å². The Morgan fingerprint density at radius 3 is 2.80 bits per heavy atom. The fourth-order valence-electron chi connectivity index (χ4n) is 2.24. The van der Waals surface area contributed by atoms with Crippen LogP contribution in [0.5, 0.6) is 0 Å². The van der Waals surface area contributed by atoms with Gasteiger partial charge >= 0.3 is 5.97 Å². The summed E-state index contributed by atoms with van der Waals surface area (Å²) in [5, 5.41) is 12.8. The van der Waals surface area contributed by atoms with Gasteiger partial charge in [0.2, 0.25) is 10.0 Å². The minimum atomic E-state index is -3.83. The van der Waals surface area contributed by atoms with Crippen molar-refractivity contribution in [1.82, 2.24) is 14.5 Å². The summed E-state index contributed by atoms with van der Waals surface area (Å²) in [6.45, 7) is 2.02. The van der Waals surface area contributed by atoms with Gasteiger partial charge in [0.15, 0.2) is 0 Å². The zero-order chi connectivity index (χ0) is 15.0. The van der Waals surface area contributed by atoms with Crippen LogP contribution in [0.2, 0.25) is 0 Å². The molecule has 9 heteroatoms. The fourth-order valence-corrected chi connectivity index (χ4v) is 3.86. The van der Waals surface area contributed by atoms with Crippen LogP contribution in [0.1, 0.15) is 18.5 Å². The number of nitrogens with zero attached hydrogens (tertiary/aromatic N) is 2. The molecule has 0 saturated carbocycles. The summed E-state index contributed by atoms with van der Waals surface area (Å²) in [6, 6.07) is 0. The molecule has 1 fully saturated rings. The molecule has 1 unspecified atom stereocenters. The highest BCUT2D eigenvalue weighted by Gasteiger charge is 2.41. The van der Waals surface area contributed by atoms with Crippen molar-refractivity contribution >= 4 is 16.0 Å². The van der Waals surface area contributed by atoms with Crippen LogP contribution in [0, 0.1) is 6.92 Å². The smallest absolute Gasteiger partial charge is 0.305 e. The highest BCUT2D eigenvalue weighted by Crippen LogP contribution is 2.26. The lowest BCUT2D eigenvalue weighted by Crippen LogP contribution is -2.50. The number of nitrogens with one attached hydrogen (secondary N) is 1. The lowest BCUT2D eigenvalue weighted by Gasteiger charge is -2.26. The van der Waals surface area contributed by atoms with Crippen LogP contribution < -0.4 is 4.72 Å². The summed E-state index contributed by atoms with van der Waals surface area (Å²) in [7, 11) is -2.20. The van der Waals surface area contributed by atoms with Crippen LogP contribution >= 0.6 is 0 Å². The number of carbonyl (C=O) groups is 1. The molecule has 8 nitrogen and oxygen atoms in total. The molecule has 0 bridgehead atoms. The van der Waals surface area contributed by atoms with Gasteiger partial charge in [-0.1, -0.05) is 0 Å². The first-order valence-electron chi connectivity index (χ1n) is 6.08. The summed E-state index contributed by atoms with van der Waals surface area (Å²) in [4.78, 5) is 11.0. The molecule has 0 aromatic carbocycles. The number of aryl methyl sites for hydroxylation is 1. The van der Waals surface area contributed by atoms with E-state index in [9.17, 15) is 13.2 Å². The monoisotopic (exact) mass is 303 g/mol. The van der Waals surface area contributed by atoms with Crippen LogP contribution in [-0.4, -0.2) is 48.0 Å². The van der Waals surface area contributed by atoms with E-state index in [0.717, 1.165) is 0 Å². The second-order valence-electron chi connectivity index (χ2n) is 4.98. The molecule has 1 aromatic heterocycles. The number of hydrogen-bond donors (Lipinski definition) is 2. The van der Waals surface area contributed by atoms with Gasteiger partial charge in [-0.05, 0) is 13.3 Å². The Labute approximate surface area is 116 Å². The number of sulfonamides is 1. The lowest BCUT2D eigenvalue weighted by atomic mass is 9.96. The molecule has 2 heterocycles. The minimum absolute atomic E-state index is 0.0525. The summed E-state index contributed by atoms with van der Waals surface area (Å²) in [5.41, 5.74) is -0.602. The molecule has 112 valence electrons. The van der Waals surface area contributed by atoms with Gasteiger partial charge in [0.25, 0.3) is 0 Å². The Hall–Kier alpha value is -1.45. The molecule has 20 heavy (non-hydrogen) atoms. The Kier molecular flexibility index (Phi) is 3.85. The third-order valence-corrected chi connectivity index (χ3v) is 5.11. The van der Waals surface area contributed by atoms with E-state index >= 15 is 0 Å². The van der Waals surface area contributed by atoms with E-state index in [1.54, 1.807) is 14.0 Å². The fraction of sp³-hybridized carbons (Fsp3) is 0.636. The quantitative estimate of drug-likeness (QED) is 0.768. The van der Waals surface area contributed by atoms with Crippen LogP contribution in [0.15, 0.2) is 11.1 Å². The van der Waals surface area contributed by atoms with E-state index in [-0.39, 0.29) is 17.9 Å². The van der Waals surface area contributed by atoms with Crippen LogP contribution in [0.25, 0.3) is 0 Å².